The Kier molecular flexibility index (Phi) is 5.29. The number of pyridine rings is 1. The van der Waals surface area contributed by atoms with Crippen molar-refractivity contribution >= 4 is 23.5 Å². The van der Waals surface area contributed by atoms with Gasteiger partial charge in [0.15, 0.2) is 0 Å². The molecule has 0 aliphatic rings. The summed E-state index contributed by atoms with van der Waals surface area (Å²) in [7, 11) is 0. The lowest BCUT2D eigenvalue weighted by Gasteiger charge is -2.06. The molecule has 0 fully saturated rings. The zero-order chi connectivity index (χ0) is 15.1. The first-order valence-electron chi connectivity index (χ1n) is 6.28. The summed E-state index contributed by atoms with van der Waals surface area (Å²) < 4.78 is 5.02. The maximum atomic E-state index is 11.8. The lowest BCUT2D eigenvalue weighted by Crippen LogP contribution is -2.28. The van der Waals surface area contributed by atoms with Gasteiger partial charge in [0.1, 0.15) is 6.61 Å². The molecule has 0 unspecified atom stereocenters. The number of amides is 1. The van der Waals surface area contributed by atoms with E-state index in [9.17, 15) is 9.59 Å². The SMILES string of the molecule is O=C(NCCOC(=O)c1cccnc1)c1ccc(Cl)cc1. The highest BCUT2D eigenvalue weighted by molar-refractivity contribution is 6.30. The van der Waals surface area contributed by atoms with E-state index in [1.54, 1.807) is 42.6 Å². The van der Waals surface area contributed by atoms with Gasteiger partial charge < -0.3 is 10.1 Å². The standard InChI is InChI=1S/C15H13ClN2O3/c16-13-5-3-11(4-6-13)14(19)18-8-9-21-15(20)12-2-1-7-17-10-12/h1-7,10H,8-9H2,(H,18,19). The lowest BCUT2D eigenvalue weighted by molar-refractivity contribution is 0.0502. The number of hydrogen-bond donors (Lipinski definition) is 1. The molecule has 1 N–H and O–H groups in total. The van der Waals surface area contributed by atoms with Crippen molar-refractivity contribution in [3.8, 4) is 0 Å². The monoisotopic (exact) mass is 304 g/mol. The van der Waals surface area contributed by atoms with Crippen molar-refractivity contribution in [3.63, 3.8) is 0 Å². The average molecular weight is 305 g/mol. The molecule has 5 nitrogen and oxygen atoms in total. The fraction of sp³-hybridized carbons (Fsp3) is 0.133. The van der Waals surface area contributed by atoms with Gasteiger partial charge in [0.2, 0.25) is 0 Å². The minimum absolute atomic E-state index is 0.0903. The number of esters is 1. The predicted octanol–water partition coefficient (Wildman–Crippen LogP) is 2.32. The third-order valence-corrected chi connectivity index (χ3v) is 2.88. The molecule has 0 saturated heterocycles. The quantitative estimate of drug-likeness (QED) is 0.680. The van der Waals surface area contributed by atoms with Crippen molar-refractivity contribution < 1.29 is 14.3 Å². The Balaban J connectivity index is 1.73. The third-order valence-electron chi connectivity index (χ3n) is 2.62. The van der Waals surface area contributed by atoms with E-state index in [0.717, 1.165) is 0 Å². The summed E-state index contributed by atoms with van der Waals surface area (Å²) in [6, 6.07) is 9.79. The van der Waals surface area contributed by atoms with Gasteiger partial charge in [-0.15, -0.1) is 0 Å². The summed E-state index contributed by atoms with van der Waals surface area (Å²) in [6.45, 7) is 0.320. The molecule has 6 heteroatoms. The Morgan fingerprint density at radius 2 is 1.90 bits per heavy atom. The van der Waals surface area contributed by atoms with Crippen LogP contribution in [0.2, 0.25) is 5.02 Å². The van der Waals surface area contributed by atoms with E-state index in [-0.39, 0.29) is 19.1 Å². The van der Waals surface area contributed by atoms with E-state index in [2.05, 4.69) is 10.3 Å². The van der Waals surface area contributed by atoms with Crippen molar-refractivity contribution in [2.75, 3.05) is 13.2 Å². The van der Waals surface area contributed by atoms with Crippen LogP contribution in [0.15, 0.2) is 48.8 Å². The van der Waals surface area contributed by atoms with Crippen LogP contribution in [0, 0.1) is 0 Å². The molecule has 2 rings (SSSR count). The van der Waals surface area contributed by atoms with E-state index in [4.69, 9.17) is 16.3 Å². The topological polar surface area (TPSA) is 68.3 Å². The van der Waals surface area contributed by atoms with Gasteiger partial charge >= 0.3 is 5.97 Å². The van der Waals surface area contributed by atoms with E-state index >= 15 is 0 Å². The average Bonchev–Trinajstić information content (AvgIpc) is 2.52. The van der Waals surface area contributed by atoms with Crippen LogP contribution in [-0.2, 0) is 4.74 Å². The number of hydrogen-bond acceptors (Lipinski definition) is 4. The van der Waals surface area contributed by atoms with Crippen LogP contribution >= 0.6 is 11.6 Å². The first-order chi connectivity index (χ1) is 10.2. The normalized spacial score (nSPS) is 9.95. The fourth-order valence-corrected chi connectivity index (χ4v) is 1.70. The number of carbonyl (C=O) groups is 2. The number of nitrogens with zero attached hydrogens (tertiary/aromatic N) is 1. The maximum absolute atomic E-state index is 11.8. The Labute approximate surface area is 126 Å². The van der Waals surface area contributed by atoms with Gasteiger partial charge in [-0.05, 0) is 36.4 Å². The molecule has 0 aliphatic carbocycles. The highest BCUT2D eigenvalue weighted by Gasteiger charge is 2.07. The fourth-order valence-electron chi connectivity index (χ4n) is 1.58. The van der Waals surface area contributed by atoms with Crippen LogP contribution in [0.25, 0.3) is 0 Å². The molecule has 108 valence electrons. The van der Waals surface area contributed by atoms with Crippen LogP contribution in [0.5, 0.6) is 0 Å². The summed E-state index contributed by atoms with van der Waals surface area (Å²) in [4.78, 5) is 27.2. The Morgan fingerprint density at radius 3 is 2.57 bits per heavy atom. The maximum Gasteiger partial charge on any atom is 0.339 e. The second kappa shape index (κ2) is 7.40. The molecule has 1 aromatic heterocycles. The summed E-state index contributed by atoms with van der Waals surface area (Å²) in [5, 5.41) is 3.22. The van der Waals surface area contributed by atoms with E-state index in [1.807, 2.05) is 0 Å². The second-order valence-corrected chi connectivity index (χ2v) is 4.58. The molecule has 2 aromatic rings. The highest BCUT2D eigenvalue weighted by atomic mass is 35.5. The minimum Gasteiger partial charge on any atom is -0.460 e. The van der Waals surface area contributed by atoms with Gasteiger partial charge in [-0.2, -0.15) is 0 Å². The molecule has 0 bridgehead atoms. The third kappa shape index (κ3) is 4.57. The molecular formula is C15H13ClN2O3. The zero-order valence-electron chi connectivity index (χ0n) is 11.1. The summed E-state index contributed by atoms with van der Waals surface area (Å²) in [5.74, 6) is -0.715. The molecule has 1 aromatic carbocycles. The molecule has 1 heterocycles. The molecule has 21 heavy (non-hydrogen) atoms. The van der Waals surface area contributed by atoms with Gasteiger partial charge in [-0.1, -0.05) is 11.6 Å². The lowest BCUT2D eigenvalue weighted by atomic mass is 10.2. The van der Waals surface area contributed by atoms with E-state index in [1.165, 1.54) is 6.20 Å². The van der Waals surface area contributed by atoms with Crippen LogP contribution in [0.4, 0.5) is 0 Å². The van der Waals surface area contributed by atoms with Crippen molar-refractivity contribution in [2.45, 2.75) is 0 Å². The van der Waals surface area contributed by atoms with Crippen molar-refractivity contribution in [1.82, 2.24) is 10.3 Å². The zero-order valence-corrected chi connectivity index (χ0v) is 11.8. The van der Waals surface area contributed by atoms with Crippen molar-refractivity contribution in [2.24, 2.45) is 0 Å². The summed E-state index contributed by atoms with van der Waals surface area (Å²) >= 11 is 5.74. The second-order valence-electron chi connectivity index (χ2n) is 4.14. The smallest absolute Gasteiger partial charge is 0.339 e. The van der Waals surface area contributed by atoms with Crippen molar-refractivity contribution in [3.05, 3.63) is 64.9 Å². The molecular weight excluding hydrogens is 292 g/mol. The summed E-state index contributed by atoms with van der Waals surface area (Å²) in [6.07, 6.45) is 3.00. The van der Waals surface area contributed by atoms with Crippen LogP contribution < -0.4 is 5.32 Å². The number of rotatable bonds is 5. The van der Waals surface area contributed by atoms with Gasteiger partial charge in [0.05, 0.1) is 12.1 Å². The van der Waals surface area contributed by atoms with E-state index in [0.29, 0.717) is 16.1 Å². The van der Waals surface area contributed by atoms with E-state index < -0.39 is 5.97 Å². The van der Waals surface area contributed by atoms with Gasteiger partial charge in [-0.25, -0.2) is 4.79 Å². The molecule has 0 aliphatic heterocycles. The Morgan fingerprint density at radius 1 is 1.14 bits per heavy atom. The van der Waals surface area contributed by atoms with Gasteiger partial charge in [-0.3, -0.25) is 9.78 Å². The van der Waals surface area contributed by atoms with Gasteiger partial charge in [0, 0.05) is 23.0 Å². The summed E-state index contributed by atoms with van der Waals surface area (Å²) in [5.41, 5.74) is 0.875. The number of ether oxygens (including phenoxy) is 1. The molecule has 0 radical (unpaired) electrons. The van der Waals surface area contributed by atoms with Crippen LogP contribution in [-0.4, -0.2) is 30.0 Å². The van der Waals surface area contributed by atoms with Gasteiger partial charge in [0.25, 0.3) is 5.91 Å². The largest absolute Gasteiger partial charge is 0.460 e. The number of carbonyl (C=O) groups excluding carboxylic acids is 2. The molecule has 0 spiro atoms. The molecule has 0 saturated carbocycles. The minimum atomic E-state index is -0.469. The van der Waals surface area contributed by atoms with Crippen LogP contribution in [0.1, 0.15) is 20.7 Å². The Bertz CT molecular complexity index is 615. The first-order valence-corrected chi connectivity index (χ1v) is 6.65. The predicted molar refractivity (Wildman–Crippen MR) is 78.3 cm³/mol. The highest BCUT2D eigenvalue weighted by Crippen LogP contribution is 2.09. The first kappa shape index (κ1) is 15.0. The molecule has 0 atom stereocenters. The number of aromatic nitrogens is 1. The number of halogens is 1. The van der Waals surface area contributed by atoms with Crippen molar-refractivity contribution in [1.29, 1.82) is 0 Å². The number of nitrogens with one attached hydrogen (secondary N) is 1. The van der Waals surface area contributed by atoms with Crippen LogP contribution in [0.3, 0.4) is 0 Å². The Hall–Kier alpha value is -2.40. The number of benzene rings is 1. The molecule has 1 amide bonds.